The van der Waals surface area contributed by atoms with Gasteiger partial charge in [0, 0.05) is 42.7 Å². The second-order valence-electron chi connectivity index (χ2n) is 11.9. The fraction of sp³-hybridized carbons (Fsp3) is 0.455. The Morgan fingerprint density at radius 1 is 1.12 bits per heavy atom. The van der Waals surface area contributed by atoms with Crippen LogP contribution in [-0.2, 0) is 31.9 Å². The van der Waals surface area contributed by atoms with Crippen molar-refractivity contribution >= 4 is 29.0 Å². The lowest BCUT2D eigenvalue weighted by Gasteiger charge is -2.37. The molecular formula is C33H41N3O5. The van der Waals surface area contributed by atoms with Gasteiger partial charge in [0.05, 0.1) is 6.04 Å². The molecule has 0 spiro atoms. The van der Waals surface area contributed by atoms with Gasteiger partial charge in [-0.3, -0.25) is 4.79 Å². The summed E-state index contributed by atoms with van der Waals surface area (Å²) < 4.78 is 11.4. The van der Waals surface area contributed by atoms with E-state index in [1.165, 1.54) is 22.6 Å². The van der Waals surface area contributed by atoms with Crippen molar-refractivity contribution in [2.75, 3.05) is 13.2 Å². The number of fused-ring (bicyclic) bond motifs is 2. The minimum atomic E-state index is -0.588. The predicted octanol–water partition coefficient (Wildman–Crippen LogP) is 6.61. The van der Waals surface area contributed by atoms with Crippen molar-refractivity contribution in [3.05, 3.63) is 77.0 Å². The first kappa shape index (κ1) is 28.9. The maximum Gasteiger partial charge on any atom is 0.410 e. The number of aryl methyl sites for hydroxylation is 1. The molecule has 2 aromatic carbocycles. The summed E-state index contributed by atoms with van der Waals surface area (Å²) in [6.07, 6.45) is 10.9. The number of aromatic amines is 1. The van der Waals surface area contributed by atoms with Crippen molar-refractivity contribution in [2.24, 2.45) is 0 Å². The number of amides is 2. The van der Waals surface area contributed by atoms with Gasteiger partial charge in [-0.2, -0.15) is 0 Å². The molecule has 2 aliphatic rings. The number of benzene rings is 2. The van der Waals surface area contributed by atoms with Gasteiger partial charge in [0.15, 0.2) is 6.29 Å². The first-order valence-corrected chi connectivity index (χ1v) is 14.7. The van der Waals surface area contributed by atoms with E-state index >= 15 is 0 Å². The van der Waals surface area contributed by atoms with Gasteiger partial charge in [0.25, 0.3) is 5.91 Å². The van der Waals surface area contributed by atoms with E-state index in [0.29, 0.717) is 13.2 Å². The minimum Gasteiger partial charge on any atom is -0.444 e. The fourth-order valence-electron chi connectivity index (χ4n) is 5.64. The van der Waals surface area contributed by atoms with Crippen LogP contribution in [0.4, 0.5) is 4.79 Å². The van der Waals surface area contributed by atoms with Crippen LogP contribution in [-0.4, -0.2) is 46.9 Å². The summed E-state index contributed by atoms with van der Waals surface area (Å²) in [5.41, 5.74) is 7.41. The molecular weight excluding hydrogens is 518 g/mol. The third-order valence-corrected chi connectivity index (χ3v) is 7.61. The van der Waals surface area contributed by atoms with E-state index in [1.807, 2.05) is 50.1 Å². The van der Waals surface area contributed by atoms with Gasteiger partial charge < -0.3 is 19.4 Å². The number of nitrogens with one attached hydrogen (secondary N) is 2. The van der Waals surface area contributed by atoms with Crippen LogP contribution in [0.5, 0.6) is 0 Å². The molecule has 2 unspecified atom stereocenters. The van der Waals surface area contributed by atoms with Crippen LogP contribution in [0.1, 0.15) is 81.2 Å². The Morgan fingerprint density at radius 2 is 1.98 bits per heavy atom. The summed E-state index contributed by atoms with van der Waals surface area (Å²) in [7, 11) is 0. The maximum absolute atomic E-state index is 13.5. The van der Waals surface area contributed by atoms with Crippen molar-refractivity contribution in [3.63, 3.8) is 0 Å². The van der Waals surface area contributed by atoms with Crippen LogP contribution >= 0.6 is 0 Å². The number of hydrogen-bond donors (Lipinski definition) is 2. The number of hydroxylamine groups is 1. The zero-order chi connectivity index (χ0) is 28.8. The van der Waals surface area contributed by atoms with E-state index in [2.05, 4.69) is 34.7 Å². The maximum atomic E-state index is 13.5. The molecule has 1 aliphatic heterocycles. The van der Waals surface area contributed by atoms with Crippen LogP contribution in [0.25, 0.3) is 17.0 Å². The Bertz CT molecular complexity index is 1380. The fourth-order valence-corrected chi connectivity index (χ4v) is 5.64. The van der Waals surface area contributed by atoms with Gasteiger partial charge in [-0.1, -0.05) is 36.4 Å². The zero-order valence-electron chi connectivity index (χ0n) is 24.3. The third-order valence-electron chi connectivity index (χ3n) is 7.61. The summed E-state index contributed by atoms with van der Waals surface area (Å²) >= 11 is 0. The number of hydrogen-bond acceptors (Lipinski definition) is 5. The number of rotatable bonds is 8. The average molecular weight is 560 g/mol. The molecule has 2 amide bonds. The second kappa shape index (κ2) is 12.9. The Morgan fingerprint density at radius 3 is 2.78 bits per heavy atom. The molecule has 3 aromatic rings. The molecule has 0 bridgehead atoms. The molecule has 2 N–H and O–H groups in total. The van der Waals surface area contributed by atoms with E-state index in [-0.39, 0.29) is 24.3 Å². The molecule has 1 aliphatic carbocycles. The first-order chi connectivity index (χ1) is 19.8. The predicted molar refractivity (Wildman–Crippen MR) is 159 cm³/mol. The number of ether oxygens (including phenoxy) is 2. The molecule has 0 saturated carbocycles. The highest BCUT2D eigenvalue weighted by atomic mass is 16.8. The Balaban J connectivity index is 1.30. The summed E-state index contributed by atoms with van der Waals surface area (Å²) in [5.74, 6) is -0.330. The summed E-state index contributed by atoms with van der Waals surface area (Å²) in [4.78, 5) is 36.4. The molecule has 8 nitrogen and oxygen atoms in total. The molecule has 2 atom stereocenters. The molecule has 1 fully saturated rings. The normalized spacial score (nSPS) is 19.2. The van der Waals surface area contributed by atoms with E-state index < -0.39 is 5.60 Å². The topological polar surface area (TPSA) is 92.9 Å². The Labute approximate surface area is 242 Å². The Hall–Kier alpha value is -3.62. The van der Waals surface area contributed by atoms with Gasteiger partial charge in [0.1, 0.15) is 5.60 Å². The highest BCUT2D eigenvalue weighted by Gasteiger charge is 2.32. The standard InChI is InChI=1S/C33H41N3O5/c1-33(2,3)40-32(38)36(19-18-25-22-34-28-11-5-4-10-26(25)28)29-12-8-9-24-21-23(14-16-27(24)29)15-17-30(37)35-41-31-13-6-7-20-39-31/h4-5,10-11,14-17,21-22,29,31,34H,6-9,12-13,18-20H2,1-3H3,(H,35,37)/b17-15+. The second-order valence-corrected chi connectivity index (χ2v) is 11.9. The highest BCUT2D eigenvalue weighted by Crippen LogP contribution is 2.36. The largest absolute Gasteiger partial charge is 0.444 e. The molecule has 8 heteroatoms. The monoisotopic (exact) mass is 559 g/mol. The van der Waals surface area contributed by atoms with E-state index in [0.717, 1.165) is 61.6 Å². The number of carbonyl (C=O) groups is 2. The molecule has 1 saturated heterocycles. The van der Waals surface area contributed by atoms with Gasteiger partial charge in [-0.25, -0.2) is 15.1 Å². The van der Waals surface area contributed by atoms with Crippen LogP contribution in [0.2, 0.25) is 0 Å². The zero-order valence-corrected chi connectivity index (χ0v) is 24.3. The lowest BCUT2D eigenvalue weighted by Crippen LogP contribution is -2.41. The lowest BCUT2D eigenvalue weighted by atomic mass is 9.85. The molecule has 218 valence electrons. The molecule has 1 aromatic heterocycles. The summed E-state index contributed by atoms with van der Waals surface area (Å²) in [6.45, 7) is 6.91. The van der Waals surface area contributed by atoms with Crippen LogP contribution in [0.15, 0.2) is 54.7 Å². The van der Waals surface area contributed by atoms with Crippen molar-refractivity contribution in [2.45, 2.75) is 83.6 Å². The van der Waals surface area contributed by atoms with Crippen molar-refractivity contribution in [3.8, 4) is 0 Å². The number of nitrogens with zero attached hydrogens (tertiary/aromatic N) is 1. The first-order valence-electron chi connectivity index (χ1n) is 14.7. The number of aromatic nitrogens is 1. The van der Waals surface area contributed by atoms with E-state index in [1.54, 1.807) is 6.08 Å². The smallest absolute Gasteiger partial charge is 0.410 e. The van der Waals surface area contributed by atoms with Gasteiger partial charge in [0.2, 0.25) is 0 Å². The third kappa shape index (κ3) is 7.57. The molecule has 5 rings (SSSR count). The quantitative estimate of drug-likeness (QED) is 0.239. The highest BCUT2D eigenvalue weighted by molar-refractivity contribution is 5.91. The van der Waals surface area contributed by atoms with Crippen molar-refractivity contribution in [1.82, 2.24) is 15.4 Å². The SMILES string of the molecule is CC(C)(C)OC(=O)N(CCc1c[nH]c2ccccc12)C1CCCc2cc(/C=C/C(=O)NOC3CCCCO3)ccc21. The lowest BCUT2D eigenvalue weighted by molar-refractivity contribution is -0.198. The van der Waals surface area contributed by atoms with Crippen molar-refractivity contribution in [1.29, 1.82) is 0 Å². The van der Waals surface area contributed by atoms with Crippen LogP contribution in [0.3, 0.4) is 0 Å². The van der Waals surface area contributed by atoms with Crippen LogP contribution < -0.4 is 5.48 Å². The van der Waals surface area contributed by atoms with Crippen molar-refractivity contribution < 1.29 is 23.9 Å². The van der Waals surface area contributed by atoms with Gasteiger partial charge in [-0.05, 0) is 93.7 Å². The number of carbonyl (C=O) groups excluding carboxylic acids is 2. The number of H-pyrrole nitrogens is 1. The van der Waals surface area contributed by atoms with E-state index in [9.17, 15) is 9.59 Å². The molecule has 0 radical (unpaired) electrons. The number of para-hydroxylation sites is 1. The van der Waals surface area contributed by atoms with Crippen LogP contribution in [0, 0.1) is 0 Å². The average Bonchev–Trinajstić information content (AvgIpc) is 3.37. The summed E-state index contributed by atoms with van der Waals surface area (Å²) in [6, 6.07) is 14.4. The summed E-state index contributed by atoms with van der Waals surface area (Å²) in [5, 5.41) is 1.18. The molecule has 41 heavy (non-hydrogen) atoms. The molecule has 2 heterocycles. The van der Waals surface area contributed by atoms with E-state index in [4.69, 9.17) is 14.3 Å². The van der Waals surface area contributed by atoms with Gasteiger partial charge >= 0.3 is 6.09 Å². The minimum absolute atomic E-state index is 0.0796. The Kier molecular flexibility index (Phi) is 9.10. The van der Waals surface area contributed by atoms with Gasteiger partial charge in [-0.15, -0.1) is 0 Å².